The number of methoxy groups -OCH3 is 1. The second-order valence-electron chi connectivity index (χ2n) is 5.18. The Hall–Kier alpha value is -1.39. The average molecular weight is 262 g/mol. The number of carbonyl (C=O) groups is 1. The van der Waals surface area contributed by atoms with E-state index in [2.05, 4.69) is 19.2 Å². The summed E-state index contributed by atoms with van der Waals surface area (Å²) >= 11 is 0. The van der Waals surface area contributed by atoms with Crippen LogP contribution in [0.1, 0.15) is 25.5 Å². The van der Waals surface area contributed by atoms with Crippen LogP contribution in [0.2, 0.25) is 0 Å². The number of nitrogens with zero attached hydrogens (tertiary/aromatic N) is 1. The molecule has 1 N–H and O–H groups in total. The fourth-order valence-corrected chi connectivity index (χ4v) is 2.49. The Morgan fingerprint density at radius 2 is 2.05 bits per heavy atom. The van der Waals surface area contributed by atoms with E-state index < -0.39 is 6.10 Å². The first-order chi connectivity index (χ1) is 9.13. The Morgan fingerprint density at radius 1 is 1.37 bits per heavy atom. The van der Waals surface area contributed by atoms with E-state index in [4.69, 9.17) is 4.74 Å². The molecular weight excluding hydrogens is 240 g/mol. The zero-order valence-electron chi connectivity index (χ0n) is 11.8. The highest BCUT2D eigenvalue weighted by Crippen LogP contribution is 2.21. The van der Waals surface area contributed by atoms with Gasteiger partial charge in [0.25, 0.3) is 5.91 Å². The van der Waals surface area contributed by atoms with Crippen molar-refractivity contribution in [2.24, 2.45) is 0 Å². The lowest BCUT2D eigenvalue weighted by Gasteiger charge is -2.39. The van der Waals surface area contributed by atoms with E-state index in [-0.39, 0.29) is 11.9 Å². The number of hydrogen-bond donors (Lipinski definition) is 1. The Kier molecular flexibility index (Phi) is 4.56. The van der Waals surface area contributed by atoms with Gasteiger partial charge in [0, 0.05) is 32.3 Å². The van der Waals surface area contributed by atoms with Crippen LogP contribution in [-0.4, -0.2) is 43.1 Å². The van der Waals surface area contributed by atoms with E-state index in [9.17, 15) is 4.79 Å². The van der Waals surface area contributed by atoms with Crippen molar-refractivity contribution in [3.63, 3.8) is 0 Å². The lowest BCUT2D eigenvalue weighted by Crippen LogP contribution is -2.57. The Labute approximate surface area is 114 Å². The average Bonchev–Trinajstić information content (AvgIpc) is 2.43. The maximum Gasteiger partial charge on any atom is 0.256 e. The molecule has 1 aliphatic heterocycles. The van der Waals surface area contributed by atoms with E-state index in [0.29, 0.717) is 6.04 Å². The summed E-state index contributed by atoms with van der Waals surface area (Å²) < 4.78 is 5.42. The Balaban J connectivity index is 2.16. The van der Waals surface area contributed by atoms with Crippen LogP contribution >= 0.6 is 0 Å². The molecule has 4 heteroatoms. The quantitative estimate of drug-likeness (QED) is 0.899. The third-order valence-electron chi connectivity index (χ3n) is 3.61. The highest BCUT2D eigenvalue weighted by molar-refractivity contribution is 5.82. The van der Waals surface area contributed by atoms with Crippen LogP contribution in [0.25, 0.3) is 0 Å². The standard InChI is InChI=1S/C15H22N2O2/c1-11-10-17(12(2)9-16-11)15(18)14(19-3)13-7-5-4-6-8-13/h4-8,11-12,14,16H,9-10H2,1-3H3. The summed E-state index contributed by atoms with van der Waals surface area (Å²) in [5, 5.41) is 3.38. The molecule has 19 heavy (non-hydrogen) atoms. The van der Waals surface area contributed by atoms with Gasteiger partial charge in [-0.05, 0) is 19.4 Å². The summed E-state index contributed by atoms with van der Waals surface area (Å²) in [4.78, 5) is 14.6. The lowest BCUT2D eigenvalue weighted by molar-refractivity contribution is -0.146. The minimum atomic E-state index is -0.506. The third kappa shape index (κ3) is 3.14. The SMILES string of the molecule is COC(C(=O)N1CC(C)NCC1C)c1ccccc1. The Morgan fingerprint density at radius 3 is 2.68 bits per heavy atom. The van der Waals surface area contributed by atoms with Crippen molar-refractivity contribution >= 4 is 5.91 Å². The first kappa shape index (κ1) is 14.0. The molecule has 1 aromatic carbocycles. The zero-order valence-corrected chi connectivity index (χ0v) is 11.8. The molecule has 104 valence electrons. The maximum atomic E-state index is 12.7. The second kappa shape index (κ2) is 6.17. The monoisotopic (exact) mass is 262 g/mol. The van der Waals surface area contributed by atoms with Crippen LogP contribution in [0.4, 0.5) is 0 Å². The molecule has 0 bridgehead atoms. The first-order valence-electron chi connectivity index (χ1n) is 6.75. The van der Waals surface area contributed by atoms with Crippen LogP contribution in [0.15, 0.2) is 30.3 Å². The van der Waals surface area contributed by atoms with Crippen molar-refractivity contribution in [2.45, 2.75) is 32.0 Å². The van der Waals surface area contributed by atoms with Gasteiger partial charge in [-0.2, -0.15) is 0 Å². The van der Waals surface area contributed by atoms with Crippen molar-refractivity contribution in [1.82, 2.24) is 10.2 Å². The summed E-state index contributed by atoms with van der Waals surface area (Å²) in [6, 6.07) is 10.2. The molecule has 0 spiro atoms. The normalized spacial score (nSPS) is 25.1. The number of carbonyl (C=O) groups excluding carboxylic acids is 1. The molecule has 1 saturated heterocycles. The molecule has 2 rings (SSSR count). The van der Waals surface area contributed by atoms with Gasteiger partial charge < -0.3 is 15.0 Å². The summed E-state index contributed by atoms with van der Waals surface area (Å²) in [6.45, 7) is 5.72. The second-order valence-corrected chi connectivity index (χ2v) is 5.18. The molecular formula is C15H22N2O2. The van der Waals surface area contributed by atoms with Gasteiger partial charge in [0.2, 0.25) is 0 Å². The molecule has 0 radical (unpaired) electrons. The predicted molar refractivity (Wildman–Crippen MR) is 74.8 cm³/mol. The van der Waals surface area contributed by atoms with Gasteiger partial charge in [0.15, 0.2) is 6.10 Å². The molecule has 1 heterocycles. The fraction of sp³-hybridized carbons (Fsp3) is 0.533. The van der Waals surface area contributed by atoms with Crippen molar-refractivity contribution in [1.29, 1.82) is 0 Å². The molecule has 3 atom stereocenters. The predicted octanol–water partition coefficient (Wildman–Crippen LogP) is 1.58. The largest absolute Gasteiger partial charge is 0.367 e. The summed E-state index contributed by atoms with van der Waals surface area (Å²) in [6.07, 6.45) is -0.506. The van der Waals surface area contributed by atoms with Gasteiger partial charge in [0.1, 0.15) is 0 Å². The molecule has 4 nitrogen and oxygen atoms in total. The van der Waals surface area contributed by atoms with Crippen molar-refractivity contribution in [2.75, 3.05) is 20.2 Å². The molecule has 0 aliphatic carbocycles. The van der Waals surface area contributed by atoms with Gasteiger partial charge in [-0.25, -0.2) is 0 Å². The maximum absolute atomic E-state index is 12.7. The first-order valence-corrected chi connectivity index (χ1v) is 6.75. The van der Waals surface area contributed by atoms with Crippen molar-refractivity contribution < 1.29 is 9.53 Å². The summed E-state index contributed by atoms with van der Waals surface area (Å²) in [7, 11) is 1.59. The third-order valence-corrected chi connectivity index (χ3v) is 3.61. The number of hydrogen-bond acceptors (Lipinski definition) is 3. The topological polar surface area (TPSA) is 41.6 Å². The van der Waals surface area contributed by atoms with Gasteiger partial charge in [0.05, 0.1) is 0 Å². The number of benzene rings is 1. The minimum absolute atomic E-state index is 0.0505. The van der Waals surface area contributed by atoms with E-state index in [0.717, 1.165) is 18.7 Å². The van der Waals surface area contributed by atoms with Crippen molar-refractivity contribution in [3.05, 3.63) is 35.9 Å². The van der Waals surface area contributed by atoms with Crippen LogP contribution in [0.3, 0.4) is 0 Å². The molecule has 1 fully saturated rings. The number of amides is 1. The zero-order chi connectivity index (χ0) is 13.8. The van der Waals surface area contributed by atoms with Gasteiger partial charge in [-0.15, -0.1) is 0 Å². The number of piperazine rings is 1. The van der Waals surface area contributed by atoms with E-state index in [1.54, 1.807) is 7.11 Å². The molecule has 1 aromatic rings. The highest BCUT2D eigenvalue weighted by Gasteiger charge is 2.32. The number of nitrogens with one attached hydrogen (secondary N) is 1. The van der Waals surface area contributed by atoms with Crippen molar-refractivity contribution in [3.8, 4) is 0 Å². The lowest BCUT2D eigenvalue weighted by atomic mass is 10.1. The van der Waals surface area contributed by atoms with E-state index in [1.165, 1.54) is 0 Å². The Bertz CT molecular complexity index is 421. The van der Waals surface area contributed by atoms with E-state index >= 15 is 0 Å². The highest BCUT2D eigenvalue weighted by atomic mass is 16.5. The molecule has 0 saturated carbocycles. The molecule has 3 unspecified atom stereocenters. The summed E-state index contributed by atoms with van der Waals surface area (Å²) in [5.41, 5.74) is 0.911. The van der Waals surface area contributed by atoms with E-state index in [1.807, 2.05) is 35.2 Å². The molecule has 1 amide bonds. The molecule has 0 aromatic heterocycles. The van der Waals surface area contributed by atoms with Crippen LogP contribution in [0, 0.1) is 0 Å². The van der Waals surface area contributed by atoms with Gasteiger partial charge in [-0.3, -0.25) is 4.79 Å². The number of ether oxygens (including phenoxy) is 1. The van der Waals surface area contributed by atoms with Crippen LogP contribution in [0.5, 0.6) is 0 Å². The van der Waals surface area contributed by atoms with Gasteiger partial charge in [-0.1, -0.05) is 30.3 Å². The van der Waals surface area contributed by atoms with Gasteiger partial charge >= 0.3 is 0 Å². The number of rotatable bonds is 3. The smallest absolute Gasteiger partial charge is 0.256 e. The minimum Gasteiger partial charge on any atom is -0.367 e. The van der Waals surface area contributed by atoms with Crippen LogP contribution < -0.4 is 5.32 Å². The van der Waals surface area contributed by atoms with Crippen LogP contribution in [-0.2, 0) is 9.53 Å². The molecule has 1 aliphatic rings. The summed E-state index contributed by atoms with van der Waals surface area (Å²) in [5.74, 6) is 0.0505. The fourth-order valence-electron chi connectivity index (χ4n) is 2.49.